The summed E-state index contributed by atoms with van der Waals surface area (Å²) in [6.07, 6.45) is 3.65. The Bertz CT molecular complexity index is 609. The molecule has 0 spiro atoms. The van der Waals surface area contributed by atoms with E-state index in [1.54, 1.807) is 12.3 Å². The minimum absolute atomic E-state index is 0.00228. The van der Waals surface area contributed by atoms with Crippen molar-refractivity contribution in [2.45, 2.75) is 20.0 Å². The van der Waals surface area contributed by atoms with Crippen molar-refractivity contribution in [3.63, 3.8) is 0 Å². The molecule has 0 bridgehead atoms. The summed E-state index contributed by atoms with van der Waals surface area (Å²) in [5.41, 5.74) is 0.700. The number of nitrogens with zero attached hydrogens (tertiary/aromatic N) is 3. The standard InChI is InChI=1S/C13H16N4O3/c1-3-16-7-6-14-13(16)9-15-11-5-4-10(17(18)19)8-12(11)20-2/h4-8,15H,3,9H2,1-2H3. The van der Waals surface area contributed by atoms with Crippen LogP contribution < -0.4 is 10.1 Å². The van der Waals surface area contributed by atoms with Crippen LogP contribution in [0.15, 0.2) is 30.6 Å². The van der Waals surface area contributed by atoms with Gasteiger partial charge in [0.25, 0.3) is 5.69 Å². The fourth-order valence-corrected chi connectivity index (χ4v) is 1.91. The molecule has 1 aromatic carbocycles. The highest BCUT2D eigenvalue weighted by molar-refractivity contribution is 5.60. The van der Waals surface area contributed by atoms with Crippen LogP contribution in [0.2, 0.25) is 0 Å². The van der Waals surface area contributed by atoms with Crippen LogP contribution in [-0.4, -0.2) is 21.6 Å². The van der Waals surface area contributed by atoms with Crippen molar-refractivity contribution in [3.8, 4) is 5.75 Å². The third-order valence-electron chi connectivity index (χ3n) is 2.98. The van der Waals surface area contributed by atoms with Crippen LogP contribution in [0.1, 0.15) is 12.7 Å². The molecule has 0 atom stereocenters. The second-order valence-electron chi connectivity index (χ2n) is 4.12. The number of rotatable bonds is 6. The minimum atomic E-state index is -0.448. The number of nitro groups is 1. The largest absolute Gasteiger partial charge is 0.494 e. The van der Waals surface area contributed by atoms with Crippen molar-refractivity contribution in [2.24, 2.45) is 0 Å². The van der Waals surface area contributed by atoms with E-state index < -0.39 is 4.92 Å². The van der Waals surface area contributed by atoms with Gasteiger partial charge in [0.2, 0.25) is 0 Å². The zero-order valence-electron chi connectivity index (χ0n) is 11.4. The molecule has 0 amide bonds. The summed E-state index contributed by atoms with van der Waals surface area (Å²) in [5.74, 6) is 1.33. The van der Waals surface area contributed by atoms with Crippen LogP contribution in [0, 0.1) is 10.1 Å². The molecule has 7 nitrogen and oxygen atoms in total. The van der Waals surface area contributed by atoms with Gasteiger partial charge in [-0.3, -0.25) is 10.1 Å². The number of methoxy groups -OCH3 is 1. The molecule has 0 aliphatic heterocycles. The lowest BCUT2D eigenvalue weighted by Gasteiger charge is -2.11. The number of hydrogen-bond donors (Lipinski definition) is 1. The Labute approximate surface area is 116 Å². The highest BCUT2D eigenvalue weighted by Gasteiger charge is 2.11. The molecule has 0 saturated heterocycles. The molecule has 20 heavy (non-hydrogen) atoms. The number of aromatic nitrogens is 2. The first-order chi connectivity index (χ1) is 9.65. The van der Waals surface area contributed by atoms with E-state index >= 15 is 0 Å². The third kappa shape index (κ3) is 2.87. The number of hydrogen-bond acceptors (Lipinski definition) is 5. The van der Waals surface area contributed by atoms with Gasteiger partial charge in [-0.25, -0.2) is 4.98 Å². The Morgan fingerprint density at radius 1 is 1.50 bits per heavy atom. The molecule has 2 aromatic rings. The number of imidazole rings is 1. The van der Waals surface area contributed by atoms with Crippen LogP contribution in [0.3, 0.4) is 0 Å². The van der Waals surface area contributed by atoms with E-state index in [0.29, 0.717) is 18.0 Å². The van der Waals surface area contributed by atoms with Gasteiger partial charge in [-0.2, -0.15) is 0 Å². The first-order valence-corrected chi connectivity index (χ1v) is 6.22. The lowest BCUT2D eigenvalue weighted by molar-refractivity contribution is -0.384. The van der Waals surface area contributed by atoms with Crippen molar-refractivity contribution < 1.29 is 9.66 Å². The molecule has 0 unspecified atom stereocenters. The quantitative estimate of drug-likeness (QED) is 0.647. The maximum atomic E-state index is 10.7. The molecule has 7 heteroatoms. The molecular formula is C13H16N4O3. The van der Waals surface area contributed by atoms with Crippen molar-refractivity contribution in [1.29, 1.82) is 0 Å². The first kappa shape index (κ1) is 13.9. The molecule has 0 radical (unpaired) electrons. The predicted octanol–water partition coefficient (Wildman–Crippen LogP) is 2.43. The van der Waals surface area contributed by atoms with Gasteiger partial charge < -0.3 is 14.6 Å². The summed E-state index contributed by atoms with van der Waals surface area (Å²) in [6, 6.07) is 4.47. The lowest BCUT2D eigenvalue weighted by Crippen LogP contribution is -2.08. The number of ether oxygens (including phenoxy) is 1. The molecule has 1 N–H and O–H groups in total. The molecular weight excluding hydrogens is 260 g/mol. The van der Waals surface area contributed by atoms with Crippen LogP contribution in [0.4, 0.5) is 11.4 Å². The van der Waals surface area contributed by atoms with E-state index in [9.17, 15) is 10.1 Å². The van der Waals surface area contributed by atoms with Crippen molar-refractivity contribution in [3.05, 3.63) is 46.5 Å². The van der Waals surface area contributed by atoms with Gasteiger partial charge in [-0.1, -0.05) is 0 Å². The highest BCUT2D eigenvalue weighted by Crippen LogP contribution is 2.29. The highest BCUT2D eigenvalue weighted by atomic mass is 16.6. The van der Waals surface area contributed by atoms with Crippen LogP contribution in [0.25, 0.3) is 0 Å². The normalized spacial score (nSPS) is 10.3. The number of nitrogens with one attached hydrogen (secondary N) is 1. The van der Waals surface area contributed by atoms with Gasteiger partial charge >= 0.3 is 0 Å². The molecule has 0 aliphatic carbocycles. The number of benzene rings is 1. The van der Waals surface area contributed by atoms with Gasteiger partial charge in [-0.05, 0) is 13.0 Å². The summed E-state index contributed by atoms with van der Waals surface area (Å²) >= 11 is 0. The van der Waals surface area contributed by atoms with Gasteiger partial charge in [0.15, 0.2) is 0 Å². The molecule has 0 saturated carbocycles. The molecule has 0 aliphatic rings. The van der Waals surface area contributed by atoms with Crippen LogP contribution in [-0.2, 0) is 13.1 Å². The number of non-ortho nitro benzene ring substituents is 1. The average molecular weight is 276 g/mol. The van der Waals surface area contributed by atoms with Gasteiger partial charge in [0, 0.05) is 25.0 Å². The third-order valence-corrected chi connectivity index (χ3v) is 2.98. The molecule has 1 heterocycles. The summed E-state index contributed by atoms with van der Waals surface area (Å²) in [4.78, 5) is 14.5. The summed E-state index contributed by atoms with van der Waals surface area (Å²) in [6.45, 7) is 3.40. The molecule has 2 rings (SSSR count). The number of nitro benzene ring substituents is 1. The molecule has 1 aromatic heterocycles. The van der Waals surface area contributed by atoms with E-state index in [1.165, 1.54) is 19.2 Å². The summed E-state index contributed by atoms with van der Waals surface area (Å²) < 4.78 is 7.19. The van der Waals surface area contributed by atoms with Crippen LogP contribution >= 0.6 is 0 Å². The minimum Gasteiger partial charge on any atom is -0.494 e. The van der Waals surface area contributed by atoms with E-state index in [-0.39, 0.29) is 5.69 Å². The van der Waals surface area contributed by atoms with Gasteiger partial charge in [-0.15, -0.1) is 0 Å². The van der Waals surface area contributed by atoms with Gasteiger partial charge in [0.05, 0.1) is 30.3 Å². The monoisotopic (exact) mass is 276 g/mol. The zero-order chi connectivity index (χ0) is 14.5. The SMILES string of the molecule is CCn1ccnc1CNc1ccc([N+](=O)[O-])cc1OC. The molecule has 106 valence electrons. The Hall–Kier alpha value is -2.57. The Balaban J connectivity index is 2.15. The number of anilines is 1. The Morgan fingerprint density at radius 3 is 2.95 bits per heavy atom. The summed E-state index contributed by atoms with van der Waals surface area (Å²) in [5, 5.41) is 13.9. The van der Waals surface area contributed by atoms with Crippen molar-refractivity contribution in [2.75, 3.05) is 12.4 Å². The predicted molar refractivity (Wildman–Crippen MR) is 74.9 cm³/mol. The Morgan fingerprint density at radius 2 is 2.30 bits per heavy atom. The zero-order valence-corrected chi connectivity index (χ0v) is 11.4. The van der Waals surface area contributed by atoms with Crippen molar-refractivity contribution >= 4 is 11.4 Å². The topological polar surface area (TPSA) is 82.2 Å². The van der Waals surface area contributed by atoms with Gasteiger partial charge in [0.1, 0.15) is 11.6 Å². The fraction of sp³-hybridized carbons (Fsp3) is 0.308. The molecule has 0 fully saturated rings. The maximum Gasteiger partial charge on any atom is 0.273 e. The van der Waals surface area contributed by atoms with Crippen LogP contribution in [0.5, 0.6) is 5.75 Å². The van der Waals surface area contributed by atoms with E-state index in [2.05, 4.69) is 10.3 Å². The van der Waals surface area contributed by atoms with E-state index in [0.717, 1.165) is 12.4 Å². The smallest absolute Gasteiger partial charge is 0.273 e. The fourth-order valence-electron chi connectivity index (χ4n) is 1.91. The second-order valence-corrected chi connectivity index (χ2v) is 4.12. The Kier molecular flexibility index (Phi) is 4.19. The van der Waals surface area contributed by atoms with E-state index in [1.807, 2.05) is 17.7 Å². The first-order valence-electron chi connectivity index (χ1n) is 6.22. The second kappa shape index (κ2) is 6.05. The summed E-state index contributed by atoms with van der Waals surface area (Å²) in [7, 11) is 1.48. The lowest BCUT2D eigenvalue weighted by atomic mass is 10.2. The number of aryl methyl sites for hydroxylation is 1. The van der Waals surface area contributed by atoms with Crippen molar-refractivity contribution in [1.82, 2.24) is 9.55 Å². The van der Waals surface area contributed by atoms with E-state index in [4.69, 9.17) is 4.74 Å². The maximum absolute atomic E-state index is 10.7. The average Bonchev–Trinajstić information content (AvgIpc) is 2.92.